The van der Waals surface area contributed by atoms with Crippen LogP contribution in [0.5, 0.6) is 0 Å². The monoisotopic (exact) mass is 396 g/mol. The van der Waals surface area contributed by atoms with Crippen LogP contribution in [0.2, 0.25) is 0 Å². The zero-order chi connectivity index (χ0) is 20.1. The molecule has 1 aromatic rings. The van der Waals surface area contributed by atoms with E-state index in [0.29, 0.717) is 30.6 Å². The van der Waals surface area contributed by atoms with Gasteiger partial charge in [-0.25, -0.2) is 9.82 Å². The summed E-state index contributed by atoms with van der Waals surface area (Å²) in [6.07, 6.45) is 4.65. The number of amides is 1. The summed E-state index contributed by atoms with van der Waals surface area (Å²) in [4.78, 5) is 17.7. The molecule has 1 atom stereocenters. The zero-order valence-corrected chi connectivity index (χ0v) is 15.0. The maximum Gasteiger partial charge on any atom is 0.433 e. The summed E-state index contributed by atoms with van der Waals surface area (Å²) in [5.41, 5.74) is 5.62. The van der Waals surface area contributed by atoms with Crippen molar-refractivity contribution >= 4 is 5.91 Å². The van der Waals surface area contributed by atoms with Crippen molar-refractivity contribution < 1.29 is 22.4 Å². The van der Waals surface area contributed by atoms with Gasteiger partial charge in [-0.15, -0.1) is 0 Å². The Balaban J connectivity index is 1.55. The fourth-order valence-corrected chi connectivity index (χ4v) is 3.02. The Morgan fingerprint density at radius 3 is 2.82 bits per heavy atom. The predicted molar refractivity (Wildman–Crippen MR) is 95.0 cm³/mol. The normalized spacial score (nSPS) is 19.9. The maximum absolute atomic E-state index is 13.2. The van der Waals surface area contributed by atoms with Crippen LogP contribution in [0, 0.1) is 0 Å². The van der Waals surface area contributed by atoms with Crippen LogP contribution in [0.4, 0.5) is 17.6 Å². The molecule has 0 bridgehead atoms. The van der Waals surface area contributed by atoms with E-state index in [2.05, 4.69) is 15.8 Å². The molecule has 1 amide bonds. The fraction of sp³-hybridized carbons (Fsp3) is 0.368. The number of pyridine rings is 1. The van der Waals surface area contributed by atoms with Crippen LogP contribution in [0.3, 0.4) is 0 Å². The number of rotatable bonds is 5. The minimum Gasteiger partial charge on any atom is -0.373 e. The summed E-state index contributed by atoms with van der Waals surface area (Å²) in [5.74, 6) is -0.568. The Morgan fingerprint density at radius 1 is 1.32 bits per heavy atom. The first-order valence-corrected chi connectivity index (χ1v) is 8.87. The number of aromatic nitrogens is 1. The smallest absolute Gasteiger partial charge is 0.373 e. The van der Waals surface area contributed by atoms with E-state index in [1.54, 1.807) is 18.4 Å². The summed E-state index contributed by atoms with van der Waals surface area (Å²) in [7, 11) is 0. The van der Waals surface area contributed by atoms with Crippen LogP contribution in [-0.4, -0.2) is 28.4 Å². The number of alkyl halides is 3. The fourth-order valence-electron chi connectivity index (χ4n) is 3.02. The summed E-state index contributed by atoms with van der Waals surface area (Å²) in [5, 5.41) is 0. The van der Waals surface area contributed by atoms with Crippen molar-refractivity contribution in [3.8, 4) is 0 Å². The Hall–Kier alpha value is -2.68. The number of carbonyl (C=O) groups is 1. The highest BCUT2D eigenvalue weighted by Crippen LogP contribution is 2.27. The van der Waals surface area contributed by atoms with Crippen molar-refractivity contribution in [1.82, 2.24) is 20.7 Å². The Labute approximate surface area is 159 Å². The number of nitrogens with zero attached hydrogens (tertiary/aromatic N) is 2. The largest absolute Gasteiger partial charge is 0.433 e. The van der Waals surface area contributed by atoms with Gasteiger partial charge in [-0.1, -0.05) is 18.2 Å². The summed E-state index contributed by atoms with van der Waals surface area (Å²) in [6, 6.07) is 2.02. The van der Waals surface area contributed by atoms with Gasteiger partial charge in [-0.05, 0) is 30.5 Å². The first-order chi connectivity index (χ1) is 13.3. The standard InChI is InChI=1S/C19H20F4N4O/c20-15-4-1-5-16(9-15)25-26-18(28)14-3-2-8-27(12-14)11-13-6-7-17(24-10-13)19(21,22)23/h1,4-7,10,12,16,25H,2-3,8-9,11H2,(H,26,28). The molecule has 3 rings (SSSR count). The number of hydrogen-bond acceptors (Lipinski definition) is 4. The third-order valence-corrected chi connectivity index (χ3v) is 4.43. The molecule has 0 aromatic carbocycles. The molecule has 1 aliphatic carbocycles. The minimum atomic E-state index is -4.46. The second kappa shape index (κ2) is 8.55. The summed E-state index contributed by atoms with van der Waals surface area (Å²) in [6.45, 7) is 1.04. The zero-order valence-electron chi connectivity index (χ0n) is 15.0. The van der Waals surface area contributed by atoms with E-state index in [-0.39, 0.29) is 24.2 Å². The van der Waals surface area contributed by atoms with Gasteiger partial charge in [0.15, 0.2) is 0 Å². The molecular formula is C19H20F4N4O. The molecule has 1 aromatic heterocycles. The molecule has 0 spiro atoms. The van der Waals surface area contributed by atoms with E-state index >= 15 is 0 Å². The van der Waals surface area contributed by atoms with Crippen LogP contribution in [-0.2, 0) is 17.5 Å². The number of nitrogens with one attached hydrogen (secondary N) is 2. The lowest BCUT2D eigenvalue weighted by Crippen LogP contribution is -2.45. The lowest BCUT2D eigenvalue weighted by Gasteiger charge is -2.27. The third kappa shape index (κ3) is 5.41. The van der Waals surface area contributed by atoms with Gasteiger partial charge < -0.3 is 4.90 Å². The number of allylic oxidation sites excluding steroid dienone is 2. The molecule has 150 valence electrons. The van der Waals surface area contributed by atoms with E-state index < -0.39 is 11.9 Å². The molecule has 5 nitrogen and oxygen atoms in total. The van der Waals surface area contributed by atoms with Gasteiger partial charge in [-0.2, -0.15) is 13.2 Å². The average Bonchev–Trinajstić information content (AvgIpc) is 2.66. The topological polar surface area (TPSA) is 57.3 Å². The highest BCUT2D eigenvalue weighted by Gasteiger charge is 2.32. The molecular weight excluding hydrogens is 376 g/mol. The number of hydrogen-bond donors (Lipinski definition) is 2. The molecule has 0 fully saturated rings. The van der Waals surface area contributed by atoms with E-state index in [9.17, 15) is 22.4 Å². The highest BCUT2D eigenvalue weighted by atomic mass is 19.4. The van der Waals surface area contributed by atoms with Gasteiger partial charge in [0.1, 0.15) is 11.5 Å². The van der Waals surface area contributed by atoms with Crippen LogP contribution in [0.15, 0.2) is 54.2 Å². The lowest BCUT2D eigenvalue weighted by atomic mass is 10.1. The minimum absolute atomic E-state index is 0.170. The quantitative estimate of drug-likeness (QED) is 0.592. The second-order valence-corrected chi connectivity index (χ2v) is 6.69. The van der Waals surface area contributed by atoms with Crippen molar-refractivity contribution in [2.24, 2.45) is 0 Å². The molecule has 1 aliphatic heterocycles. The van der Waals surface area contributed by atoms with Crippen LogP contribution >= 0.6 is 0 Å². The van der Waals surface area contributed by atoms with E-state index in [1.165, 1.54) is 18.3 Å². The molecule has 28 heavy (non-hydrogen) atoms. The van der Waals surface area contributed by atoms with Gasteiger partial charge in [0, 0.05) is 37.5 Å². The van der Waals surface area contributed by atoms with Crippen LogP contribution in [0.25, 0.3) is 0 Å². The van der Waals surface area contributed by atoms with Crippen molar-refractivity contribution in [2.45, 2.75) is 38.0 Å². The SMILES string of the molecule is O=C(NNC1C=CC=C(F)C1)C1=CN(Cc2ccc(C(F)(F)F)nc2)CCC1. The Morgan fingerprint density at radius 2 is 2.14 bits per heavy atom. The number of carbonyl (C=O) groups excluding carboxylic acids is 1. The van der Waals surface area contributed by atoms with Gasteiger partial charge in [-0.3, -0.25) is 15.2 Å². The summed E-state index contributed by atoms with van der Waals surface area (Å²) >= 11 is 0. The molecule has 9 heteroatoms. The number of halogens is 4. The summed E-state index contributed by atoms with van der Waals surface area (Å²) < 4.78 is 51.0. The van der Waals surface area contributed by atoms with Crippen LogP contribution < -0.4 is 10.9 Å². The molecule has 1 unspecified atom stereocenters. The molecule has 0 saturated carbocycles. The van der Waals surface area contributed by atoms with E-state index in [4.69, 9.17) is 0 Å². The van der Waals surface area contributed by atoms with Crippen molar-refractivity contribution in [3.63, 3.8) is 0 Å². The Kier molecular flexibility index (Phi) is 6.13. The van der Waals surface area contributed by atoms with Crippen molar-refractivity contribution in [1.29, 1.82) is 0 Å². The van der Waals surface area contributed by atoms with E-state index in [0.717, 1.165) is 12.5 Å². The van der Waals surface area contributed by atoms with Crippen molar-refractivity contribution in [3.05, 3.63) is 65.4 Å². The van der Waals surface area contributed by atoms with Crippen molar-refractivity contribution in [2.75, 3.05) is 6.54 Å². The average molecular weight is 396 g/mol. The van der Waals surface area contributed by atoms with Gasteiger partial charge >= 0.3 is 6.18 Å². The second-order valence-electron chi connectivity index (χ2n) is 6.69. The first-order valence-electron chi connectivity index (χ1n) is 8.87. The van der Waals surface area contributed by atoms with Gasteiger partial charge in [0.2, 0.25) is 0 Å². The molecule has 0 saturated heterocycles. The lowest BCUT2D eigenvalue weighted by molar-refractivity contribution is -0.141. The third-order valence-electron chi connectivity index (χ3n) is 4.43. The Bertz CT molecular complexity index is 799. The first kappa shape index (κ1) is 20.1. The predicted octanol–water partition coefficient (Wildman–Crippen LogP) is 3.38. The van der Waals surface area contributed by atoms with Crippen LogP contribution in [0.1, 0.15) is 30.5 Å². The highest BCUT2D eigenvalue weighted by molar-refractivity contribution is 5.93. The molecule has 0 radical (unpaired) electrons. The molecule has 2 N–H and O–H groups in total. The molecule has 2 aliphatic rings. The van der Waals surface area contributed by atoms with E-state index in [1.807, 2.05) is 4.90 Å². The van der Waals surface area contributed by atoms with Gasteiger partial charge in [0.25, 0.3) is 5.91 Å². The maximum atomic E-state index is 13.2. The van der Waals surface area contributed by atoms with Gasteiger partial charge in [0.05, 0.1) is 6.04 Å². The number of hydrazine groups is 1. The molecule has 2 heterocycles.